The standard InChI is InChI=1S/C22H24O8/c1-14(23)28-19-17(13-27-12-15-8-4-2-5-9-15)29-22(26)20(18(19)24)30-21(25)16-10-6-3-7-11-16/h2-11,17-20,22,24,26H,12-13H2,1H3/t17-,18+,19-,20-,22+/m1/s1. The first-order valence-electron chi connectivity index (χ1n) is 9.52. The Bertz CT molecular complexity index is 826. The van der Waals surface area contributed by atoms with E-state index < -0.39 is 42.6 Å². The van der Waals surface area contributed by atoms with Gasteiger partial charge in [0, 0.05) is 6.92 Å². The van der Waals surface area contributed by atoms with Gasteiger partial charge in [-0.15, -0.1) is 0 Å². The van der Waals surface area contributed by atoms with Gasteiger partial charge in [-0.3, -0.25) is 4.79 Å². The minimum absolute atomic E-state index is 0.0552. The van der Waals surface area contributed by atoms with Gasteiger partial charge < -0.3 is 29.2 Å². The van der Waals surface area contributed by atoms with Crippen molar-refractivity contribution in [3.63, 3.8) is 0 Å². The predicted octanol–water partition coefficient (Wildman–Crippen LogP) is 1.44. The third-order valence-electron chi connectivity index (χ3n) is 4.58. The zero-order chi connectivity index (χ0) is 21.5. The molecule has 1 heterocycles. The van der Waals surface area contributed by atoms with Crippen molar-refractivity contribution in [1.82, 2.24) is 0 Å². The highest BCUT2D eigenvalue weighted by Crippen LogP contribution is 2.26. The number of rotatable bonds is 7. The summed E-state index contributed by atoms with van der Waals surface area (Å²) in [5, 5.41) is 21.0. The van der Waals surface area contributed by atoms with E-state index in [1.807, 2.05) is 30.3 Å². The van der Waals surface area contributed by atoms with Crippen LogP contribution in [0.25, 0.3) is 0 Å². The molecule has 0 aliphatic carbocycles. The van der Waals surface area contributed by atoms with Crippen LogP contribution in [0.3, 0.4) is 0 Å². The van der Waals surface area contributed by atoms with E-state index >= 15 is 0 Å². The van der Waals surface area contributed by atoms with Gasteiger partial charge in [0.1, 0.15) is 12.2 Å². The van der Waals surface area contributed by atoms with Crippen LogP contribution in [-0.4, -0.2) is 59.5 Å². The van der Waals surface area contributed by atoms with Crippen molar-refractivity contribution in [2.75, 3.05) is 6.61 Å². The van der Waals surface area contributed by atoms with Crippen LogP contribution in [0.2, 0.25) is 0 Å². The molecule has 1 aliphatic heterocycles. The third-order valence-corrected chi connectivity index (χ3v) is 4.58. The topological polar surface area (TPSA) is 112 Å². The Labute approximate surface area is 173 Å². The predicted molar refractivity (Wildman–Crippen MR) is 104 cm³/mol. The van der Waals surface area contributed by atoms with Crippen molar-refractivity contribution in [1.29, 1.82) is 0 Å². The summed E-state index contributed by atoms with van der Waals surface area (Å²) in [5.74, 6) is -1.40. The monoisotopic (exact) mass is 416 g/mol. The average molecular weight is 416 g/mol. The molecule has 3 rings (SSSR count). The molecule has 30 heavy (non-hydrogen) atoms. The van der Waals surface area contributed by atoms with Gasteiger partial charge in [-0.1, -0.05) is 48.5 Å². The summed E-state index contributed by atoms with van der Waals surface area (Å²) < 4.78 is 21.5. The van der Waals surface area contributed by atoms with Gasteiger partial charge in [0.05, 0.1) is 18.8 Å². The van der Waals surface area contributed by atoms with E-state index in [2.05, 4.69) is 0 Å². The van der Waals surface area contributed by atoms with E-state index in [9.17, 15) is 19.8 Å². The zero-order valence-electron chi connectivity index (χ0n) is 16.4. The average Bonchev–Trinajstić information content (AvgIpc) is 2.75. The van der Waals surface area contributed by atoms with Crippen LogP contribution < -0.4 is 0 Å². The lowest BCUT2D eigenvalue weighted by Crippen LogP contribution is -2.61. The lowest BCUT2D eigenvalue weighted by molar-refractivity contribution is -0.291. The Morgan fingerprint density at radius 1 is 0.933 bits per heavy atom. The fraction of sp³-hybridized carbons (Fsp3) is 0.364. The minimum atomic E-state index is -1.62. The summed E-state index contributed by atoms with van der Waals surface area (Å²) in [4.78, 5) is 23.8. The molecular formula is C22H24O8. The lowest BCUT2D eigenvalue weighted by Gasteiger charge is -2.41. The minimum Gasteiger partial charge on any atom is -0.457 e. The number of carbonyl (C=O) groups excluding carboxylic acids is 2. The molecular weight excluding hydrogens is 392 g/mol. The zero-order valence-corrected chi connectivity index (χ0v) is 16.4. The number of esters is 2. The van der Waals surface area contributed by atoms with E-state index in [1.165, 1.54) is 19.1 Å². The van der Waals surface area contributed by atoms with Crippen LogP contribution in [-0.2, 0) is 30.3 Å². The second-order valence-electron chi connectivity index (χ2n) is 6.87. The molecule has 0 aromatic heterocycles. The molecule has 0 unspecified atom stereocenters. The number of ether oxygens (including phenoxy) is 4. The molecule has 1 aliphatic rings. The number of benzene rings is 2. The molecule has 1 saturated heterocycles. The summed E-state index contributed by atoms with van der Waals surface area (Å²) in [6, 6.07) is 17.5. The van der Waals surface area contributed by atoms with Crippen molar-refractivity contribution in [2.24, 2.45) is 0 Å². The number of hydrogen-bond acceptors (Lipinski definition) is 8. The summed E-state index contributed by atoms with van der Waals surface area (Å²) in [6.45, 7) is 1.40. The Balaban J connectivity index is 1.66. The van der Waals surface area contributed by atoms with Crippen LogP contribution in [0.1, 0.15) is 22.8 Å². The molecule has 0 amide bonds. The summed E-state index contributed by atoms with van der Waals surface area (Å²) in [6.07, 6.45) is -6.70. The van der Waals surface area contributed by atoms with Crippen molar-refractivity contribution in [2.45, 2.75) is 44.2 Å². The fourth-order valence-electron chi connectivity index (χ4n) is 3.14. The molecule has 8 nitrogen and oxygen atoms in total. The molecule has 2 N–H and O–H groups in total. The van der Waals surface area contributed by atoms with Gasteiger partial charge in [0.25, 0.3) is 0 Å². The fourth-order valence-corrected chi connectivity index (χ4v) is 3.14. The molecule has 2 aromatic rings. The molecule has 0 saturated carbocycles. The first-order valence-corrected chi connectivity index (χ1v) is 9.52. The first-order chi connectivity index (χ1) is 14.5. The maximum Gasteiger partial charge on any atom is 0.338 e. The number of carbonyl (C=O) groups is 2. The van der Waals surface area contributed by atoms with Crippen LogP contribution in [0.15, 0.2) is 60.7 Å². The highest BCUT2D eigenvalue weighted by molar-refractivity contribution is 5.89. The molecule has 0 radical (unpaired) electrons. The Morgan fingerprint density at radius 3 is 2.20 bits per heavy atom. The summed E-state index contributed by atoms with van der Waals surface area (Å²) >= 11 is 0. The van der Waals surface area contributed by atoms with E-state index in [0.29, 0.717) is 0 Å². The van der Waals surface area contributed by atoms with Crippen LogP contribution >= 0.6 is 0 Å². The molecule has 2 aromatic carbocycles. The Morgan fingerprint density at radius 2 is 1.57 bits per heavy atom. The van der Waals surface area contributed by atoms with Crippen LogP contribution in [0.5, 0.6) is 0 Å². The van der Waals surface area contributed by atoms with E-state index in [4.69, 9.17) is 18.9 Å². The van der Waals surface area contributed by atoms with Crippen molar-refractivity contribution in [3.05, 3.63) is 71.8 Å². The summed E-state index contributed by atoms with van der Waals surface area (Å²) in [7, 11) is 0. The third kappa shape index (κ3) is 5.64. The maximum atomic E-state index is 12.3. The van der Waals surface area contributed by atoms with Gasteiger partial charge in [0.2, 0.25) is 0 Å². The van der Waals surface area contributed by atoms with Gasteiger partial charge in [-0.05, 0) is 17.7 Å². The van der Waals surface area contributed by atoms with E-state index in [1.54, 1.807) is 18.2 Å². The van der Waals surface area contributed by atoms with Crippen LogP contribution in [0, 0.1) is 0 Å². The maximum absolute atomic E-state index is 12.3. The number of hydrogen-bond donors (Lipinski definition) is 2. The molecule has 0 spiro atoms. The smallest absolute Gasteiger partial charge is 0.338 e. The van der Waals surface area contributed by atoms with Gasteiger partial charge >= 0.3 is 11.9 Å². The van der Waals surface area contributed by atoms with Gasteiger partial charge in [-0.2, -0.15) is 0 Å². The highest BCUT2D eigenvalue weighted by atomic mass is 16.7. The Hall–Kier alpha value is -2.78. The second-order valence-corrected chi connectivity index (χ2v) is 6.87. The quantitative estimate of drug-likeness (QED) is 0.653. The lowest BCUT2D eigenvalue weighted by atomic mass is 9.98. The normalized spacial score (nSPS) is 26.0. The van der Waals surface area contributed by atoms with Crippen molar-refractivity contribution in [3.8, 4) is 0 Å². The first kappa shape index (κ1) is 21.9. The Kier molecular flexibility index (Phi) is 7.53. The van der Waals surface area contributed by atoms with Crippen molar-refractivity contribution < 1.29 is 38.7 Å². The van der Waals surface area contributed by atoms with Crippen molar-refractivity contribution >= 4 is 11.9 Å². The van der Waals surface area contributed by atoms with Crippen LogP contribution in [0.4, 0.5) is 0 Å². The molecule has 1 fully saturated rings. The summed E-state index contributed by atoms with van der Waals surface area (Å²) in [5.41, 5.74) is 1.17. The number of aliphatic hydroxyl groups excluding tert-OH is 2. The number of aliphatic hydroxyl groups is 2. The molecule has 160 valence electrons. The van der Waals surface area contributed by atoms with E-state index in [-0.39, 0.29) is 18.8 Å². The SMILES string of the molecule is CC(=O)O[C@H]1[C@H](O)[C@@H](OC(=O)c2ccccc2)[C@@H](O)O[C@@H]1COCc1ccccc1. The highest BCUT2D eigenvalue weighted by Gasteiger charge is 2.48. The largest absolute Gasteiger partial charge is 0.457 e. The molecule has 8 heteroatoms. The molecule has 5 atom stereocenters. The van der Waals surface area contributed by atoms with E-state index in [0.717, 1.165) is 5.56 Å². The van der Waals surface area contributed by atoms with Gasteiger partial charge in [0.15, 0.2) is 18.5 Å². The second kappa shape index (κ2) is 10.3. The van der Waals surface area contributed by atoms with Gasteiger partial charge in [-0.25, -0.2) is 4.79 Å². The molecule has 0 bridgehead atoms.